The fourth-order valence-electron chi connectivity index (χ4n) is 1.45. The zero-order valence-corrected chi connectivity index (χ0v) is 9.94. The van der Waals surface area contributed by atoms with Gasteiger partial charge in [0.05, 0.1) is 12.8 Å². The number of rotatable bonds is 3. The maximum absolute atomic E-state index is 13.6. The summed E-state index contributed by atoms with van der Waals surface area (Å²) in [5.74, 6) is -0.573. The SMILES string of the molecule is COc1ncnc(Nc2ccc(C)cc2F)c1O. The lowest BCUT2D eigenvalue weighted by Crippen LogP contribution is -1.99. The van der Waals surface area contributed by atoms with Crippen molar-refractivity contribution in [2.75, 3.05) is 12.4 Å². The molecule has 0 saturated heterocycles. The van der Waals surface area contributed by atoms with E-state index in [2.05, 4.69) is 15.3 Å². The van der Waals surface area contributed by atoms with Gasteiger partial charge in [0.2, 0.25) is 5.75 Å². The number of methoxy groups -OCH3 is 1. The Bertz CT molecular complexity index is 575. The molecule has 0 fully saturated rings. The van der Waals surface area contributed by atoms with E-state index >= 15 is 0 Å². The van der Waals surface area contributed by atoms with Gasteiger partial charge < -0.3 is 15.2 Å². The van der Waals surface area contributed by atoms with E-state index in [1.54, 1.807) is 19.1 Å². The second-order valence-electron chi connectivity index (χ2n) is 3.69. The Kier molecular flexibility index (Phi) is 3.27. The zero-order chi connectivity index (χ0) is 13.1. The summed E-state index contributed by atoms with van der Waals surface area (Å²) in [6.07, 6.45) is 1.22. The quantitative estimate of drug-likeness (QED) is 0.874. The molecule has 0 aliphatic heterocycles. The lowest BCUT2D eigenvalue weighted by atomic mass is 10.2. The number of aryl methyl sites for hydroxylation is 1. The number of aromatic hydroxyl groups is 1. The smallest absolute Gasteiger partial charge is 0.262 e. The van der Waals surface area contributed by atoms with Crippen LogP contribution < -0.4 is 10.1 Å². The number of hydrogen-bond acceptors (Lipinski definition) is 5. The van der Waals surface area contributed by atoms with E-state index in [0.717, 1.165) is 5.56 Å². The zero-order valence-electron chi connectivity index (χ0n) is 9.94. The van der Waals surface area contributed by atoms with Gasteiger partial charge in [-0.25, -0.2) is 9.37 Å². The van der Waals surface area contributed by atoms with E-state index in [-0.39, 0.29) is 23.1 Å². The summed E-state index contributed by atoms with van der Waals surface area (Å²) >= 11 is 0. The molecule has 5 nitrogen and oxygen atoms in total. The van der Waals surface area contributed by atoms with Crippen LogP contribution in [0.2, 0.25) is 0 Å². The molecule has 1 aromatic carbocycles. The molecule has 0 aliphatic carbocycles. The van der Waals surface area contributed by atoms with Crippen molar-refractivity contribution in [3.05, 3.63) is 35.9 Å². The third-order valence-electron chi connectivity index (χ3n) is 2.36. The van der Waals surface area contributed by atoms with Gasteiger partial charge in [-0.05, 0) is 24.6 Å². The lowest BCUT2D eigenvalue weighted by Gasteiger charge is -2.10. The lowest BCUT2D eigenvalue weighted by molar-refractivity contribution is 0.358. The largest absolute Gasteiger partial charge is 0.501 e. The molecule has 2 rings (SSSR count). The van der Waals surface area contributed by atoms with Crippen LogP contribution in [0.1, 0.15) is 5.56 Å². The highest BCUT2D eigenvalue weighted by Gasteiger charge is 2.12. The predicted octanol–water partition coefficient (Wildman–Crippen LogP) is 2.38. The number of halogens is 1. The summed E-state index contributed by atoms with van der Waals surface area (Å²) in [6, 6.07) is 4.71. The molecule has 2 aromatic rings. The van der Waals surface area contributed by atoms with Gasteiger partial charge >= 0.3 is 0 Å². The van der Waals surface area contributed by atoms with E-state index in [4.69, 9.17) is 4.74 Å². The van der Waals surface area contributed by atoms with Gasteiger partial charge in [-0.3, -0.25) is 0 Å². The van der Waals surface area contributed by atoms with Crippen molar-refractivity contribution >= 4 is 11.5 Å². The Labute approximate surface area is 103 Å². The fourth-order valence-corrected chi connectivity index (χ4v) is 1.45. The van der Waals surface area contributed by atoms with Crippen molar-refractivity contribution < 1.29 is 14.2 Å². The minimum absolute atomic E-state index is 0.0278. The molecule has 0 aliphatic rings. The Balaban J connectivity index is 2.34. The molecule has 0 amide bonds. The minimum atomic E-state index is -0.424. The van der Waals surface area contributed by atoms with Crippen LogP contribution in [0.25, 0.3) is 0 Å². The van der Waals surface area contributed by atoms with Crippen molar-refractivity contribution in [2.45, 2.75) is 6.92 Å². The predicted molar refractivity (Wildman–Crippen MR) is 64.7 cm³/mol. The van der Waals surface area contributed by atoms with Crippen LogP contribution >= 0.6 is 0 Å². The Morgan fingerprint density at radius 1 is 1.33 bits per heavy atom. The van der Waals surface area contributed by atoms with Crippen LogP contribution in [0, 0.1) is 12.7 Å². The first-order valence-electron chi connectivity index (χ1n) is 5.23. The molecule has 94 valence electrons. The molecule has 0 saturated carbocycles. The van der Waals surface area contributed by atoms with Gasteiger partial charge in [0, 0.05) is 0 Å². The topological polar surface area (TPSA) is 67.3 Å². The molecule has 0 atom stereocenters. The van der Waals surface area contributed by atoms with Gasteiger partial charge in [0.25, 0.3) is 5.88 Å². The summed E-state index contributed by atoms with van der Waals surface area (Å²) in [7, 11) is 1.37. The molecule has 0 spiro atoms. The highest BCUT2D eigenvalue weighted by molar-refractivity contribution is 5.64. The number of anilines is 2. The fraction of sp³-hybridized carbons (Fsp3) is 0.167. The maximum atomic E-state index is 13.6. The monoisotopic (exact) mass is 249 g/mol. The molecule has 2 N–H and O–H groups in total. The summed E-state index contributed by atoms with van der Waals surface area (Å²) in [5, 5.41) is 12.4. The van der Waals surface area contributed by atoms with Gasteiger partial charge in [-0.2, -0.15) is 4.98 Å². The summed E-state index contributed by atoms with van der Waals surface area (Å²) < 4.78 is 18.5. The van der Waals surface area contributed by atoms with Crippen LogP contribution in [0.3, 0.4) is 0 Å². The summed E-state index contributed by atoms with van der Waals surface area (Å²) in [5.41, 5.74) is 1.03. The van der Waals surface area contributed by atoms with Gasteiger partial charge in [0.1, 0.15) is 12.1 Å². The first-order valence-corrected chi connectivity index (χ1v) is 5.23. The highest BCUT2D eigenvalue weighted by Crippen LogP contribution is 2.31. The van der Waals surface area contributed by atoms with Crippen molar-refractivity contribution in [1.82, 2.24) is 9.97 Å². The molecule has 18 heavy (non-hydrogen) atoms. The first kappa shape index (κ1) is 12.1. The Morgan fingerprint density at radius 2 is 2.11 bits per heavy atom. The number of hydrogen-bond donors (Lipinski definition) is 2. The molecular weight excluding hydrogens is 237 g/mol. The van der Waals surface area contributed by atoms with Crippen molar-refractivity contribution in [3.63, 3.8) is 0 Å². The second kappa shape index (κ2) is 4.87. The van der Waals surface area contributed by atoms with Gasteiger partial charge in [-0.15, -0.1) is 0 Å². The normalized spacial score (nSPS) is 10.2. The van der Waals surface area contributed by atoms with Crippen LogP contribution in [0.5, 0.6) is 11.6 Å². The molecule has 0 unspecified atom stereocenters. The molecule has 0 radical (unpaired) electrons. The summed E-state index contributed by atoms with van der Waals surface area (Å²) in [4.78, 5) is 7.55. The molecule has 6 heteroatoms. The van der Waals surface area contributed by atoms with Crippen LogP contribution in [0.4, 0.5) is 15.9 Å². The van der Waals surface area contributed by atoms with E-state index in [0.29, 0.717) is 0 Å². The Hall–Kier alpha value is -2.37. The van der Waals surface area contributed by atoms with E-state index in [1.807, 2.05) is 0 Å². The maximum Gasteiger partial charge on any atom is 0.262 e. The minimum Gasteiger partial charge on any atom is -0.501 e. The van der Waals surface area contributed by atoms with Gasteiger partial charge in [0.15, 0.2) is 5.82 Å². The number of benzene rings is 1. The third kappa shape index (κ3) is 2.32. The average Bonchev–Trinajstić information content (AvgIpc) is 2.35. The van der Waals surface area contributed by atoms with E-state index in [9.17, 15) is 9.50 Å². The van der Waals surface area contributed by atoms with Crippen LogP contribution in [-0.2, 0) is 0 Å². The number of aromatic nitrogens is 2. The molecule has 1 heterocycles. The highest BCUT2D eigenvalue weighted by atomic mass is 19.1. The summed E-state index contributed by atoms with van der Waals surface area (Å²) in [6.45, 7) is 1.79. The standard InChI is InChI=1S/C12H12FN3O2/c1-7-3-4-9(8(13)5-7)16-11-10(17)12(18-2)15-6-14-11/h3-6,17H,1-2H3,(H,14,15,16). The van der Waals surface area contributed by atoms with Crippen molar-refractivity contribution in [1.29, 1.82) is 0 Å². The number of ether oxygens (including phenoxy) is 1. The Morgan fingerprint density at radius 3 is 2.78 bits per heavy atom. The van der Waals surface area contributed by atoms with Gasteiger partial charge in [-0.1, -0.05) is 6.07 Å². The van der Waals surface area contributed by atoms with Crippen molar-refractivity contribution in [3.8, 4) is 11.6 Å². The van der Waals surface area contributed by atoms with Crippen LogP contribution in [0.15, 0.2) is 24.5 Å². The van der Waals surface area contributed by atoms with E-state index in [1.165, 1.54) is 19.5 Å². The second-order valence-corrected chi connectivity index (χ2v) is 3.69. The third-order valence-corrected chi connectivity index (χ3v) is 2.36. The first-order chi connectivity index (χ1) is 8.61. The van der Waals surface area contributed by atoms with Crippen molar-refractivity contribution in [2.24, 2.45) is 0 Å². The molecule has 0 bridgehead atoms. The van der Waals surface area contributed by atoms with Crippen LogP contribution in [-0.4, -0.2) is 22.2 Å². The molecule has 1 aromatic heterocycles. The average molecular weight is 249 g/mol. The molecular formula is C12H12FN3O2. The number of nitrogens with zero attached hydrogens (tertiary/aromatic N) is 2. The van der Waals surface area contributed by atoms with E-state index < -0.39 is 5.82 Å². The number of nitrogens with one attached hydrogen (secondary N) is 1.